The van der Waals surface area contributed by atoms with Crippen LogP contribution in [0.25, 0.3) is 0 Å². The largest absolute Gasteiger partial charge is 0.295 e. The van der Waals surface area contributed by atoms with Crippen LogP contribution >= 0.6 is 0 Å². The molecule has 0 heterocycles. The quantitative estimate of drug-likeness (QED) is 0.632. The maximum absolute atomic E-state index is 12.6. The standard InChI is InChI=1S/C20H30O2/c1-13(2)10-17(21)12-16(6)18-9-7-8-15(5)20(18)19(22)11-14(3)4/h11-13,18H,7-10H2,1-6H3/b16-12+. The second-order valence-corrected chi connectivity index (χ2v) is 7.18. The minimum atomic E-state index is 0.105. The van der Waals surface area contributed by atoms with Crippen molar-refractivity contribution in [2.24, 2.45) is 11.8 Å². The molecule has 122 valence electrons. The van der Waals surface area contributed by atoms with E-state index in [4.69, 9.17) is 0 Å². The zero-order valence-corrected chi connectivity index (χ0v) is 15.0. The minimum Gasteiger partial charge on any atom is -0.295 e. The molecule has 1 atom stereocenters. The highest BCUT2D eigenvalue weighted by atomic mass is 16.1. The molecule has 0 aromatic heterocycles. The predicted molar refractivity (Wildman–Crippen MR) is 92.7 cm³/mol. The summed E-state index contributed by atoms with van der Waals surface area (Å²) in [6.07, 6.45) is 7.10. The lowest BCUT2D eigenvalue weighted by atomic mass is 9.77. The molecule has 0 aliphatic heterocycles. The Bertz CT molecular complexity index is 526. The van der Waals surface area contributed by atoms with Crippen LogP contribution in [0, 0.1) is 11.8 Å². The molecule has 0 aromatic carbocycles. The summed E-state index contributed by atoms with van der Waals surface area (Å²) in [5, 5.41) is 0. The van der Waals surface area contributed by atoms with Gasteiger partial charge in [-0.1, -0.05) is 30.6 Å². The molecule has 2 heteroatoms. The molecule has 1 aliphatic rings. The Morgan fingerprint density at radius 1 is 1.18 bits per heavy atom. The molecule has 1 aliphatic carbocycles. The first kappa shape index (κ1) is 18.6. The maximum atomic E-state index is 12.6. The van der Waals surface area contributed by atoms with Gasteiger partial charge in [0.05, 0.1) is 0 Å². The van der Waals surface area contributed by atoms with Crippen molar-refractivity contribution < 1.29 is 9.59 Å². The molecule has 0 fully saturated rings. The van der Waals surface area contributed by atoms with Crippen LogP contribution in [0.15, 0.2) is 34.4 Å². The van der Waals surface area contributed by atoms with Crippen LogP contribution in [-0.4, -0.2) is 11.6 Å². The van der Waals surface area contributed by atoms with E-state index in [-0.39, 0.29) is 17.5 Å². The minimum absolute atomic E-state index is 0.105. The van der Waals surface area contributed by atoms with E-state index in [2.05, 4.69) is 20.8 Å². The molecule has 22 heavy (non-hydrogen) atoms. The van der Waals surface area contributed by atoms with Gasteiger partial charge in [-0.15, -0.1) is 0 Å². The van der Waals surface area contributed by atoms with Gasteiger partial charge in [0.25, 0.3) is 0 Å². The van der Waals surface area contributed by atoms with Gasteiger partial charge in [-0.3, -0.25) is 9.59 Å². The van der Waals surface area contributed by atoms with E-state index < -0.39 is 0 Å². The first-order chi connectivity index (χ1) is 10.2. The van der Waals surface area contributed by atoms with E-state index in [0.717, 1.165) is 36.0 Å². The normalized spacial score (nSPS) is 19.4. The third kappa shape index (κ3) is 5.40. The van der Waals surface area contributed by atoms with Crippen molar-refractivity contribution in [1.29, 1.82) is 0 Å². The van der Waals surface area contributed by atoms with E-state index in [1.165, 1.54) is 5.57 Å². The average Bonchev–Trinajstić information content (AvgIpc) is 2.35. The predicted octanol–water partition coefficient (Wildman–Crippen LogP) is 5.20. The first-order valence-corrected chi connectivity index (χ1v) is 8.32. The number of hydrogen-bond acceptors (Lipinski definition) is 2. The highest BCUT2D eigenvalue weighted by molar-refractivity contribution is 6.06. The Balaban J connectivity index is 3.07. The lowest BCUT2D eigenvalue weighted by molar-refractivity contribution is -0.115. The zero-order chi connectivity index (χ0) is 16.9. The van der Waals surface area contributed by atoms with Crippen LogP contribution < -0.4 is 0 Å². The topological polar surface area (TPSA) is 34.1 Å². The highest BCUT2D eigenvalue weighted by Gasteiger charge is 2.26. The van der Waals surface area contributed by atoms with E-state index in [0.29, 0.717) is 12.3 Å². The van der Waals surface area contributed by atoms with Crippen molar-refractivity contribution in [2.75, 3.05) is 0 Å². The number of ketones is 2. The Labute approximate surface area is 135 Å². The maximum Gasteiger partial charge on any atom is 0.182 e. The molecule has 2 nitrogen and oxygen atoms in total. The van der Waals surface area contributed by atoms with E-state index in [9.17, 15) is 9.59 Å². The summed E-state index contributed by atoms with van der Waals surface area (Å²) in [7, 11) is 0. The van der Waals surface area contributed by atoms with Gasteiger partial charge in [0.15, 0.2) is 11.6 Å². The van der Waals surface area contributed by atoms with Crippen molar-refractivity contribution in [3.05, 3.63) is 34.4 Å². The van der Waals surface area contributed by atoms with Crippen LogP contribution in [-0.2, 0) is 9.59 Å². The van der Waals surface area contributed by atoms with Crippen molar-refractivity contribution in [2.45, 2.75) is 67.2 Å². The number of rotatable bonds is 6. The molecular formula is C20H30O2. The van der Waals surface area contributed by atoms with Crippen LogP contribution in [0.3, 0.4) is 0 Å². The van der Waals surface area contributed by atoms with Crippen molar-refractivity contribution in [3.8, 4) is 0 Å². The zero-order valence-electron chi connectivity index (χ0n) is 15.0. The second kappa shape index (κ2) is 8.26. The van der Waals surface area contributed by atoms with Gasteiger partial charge >= 0.3 is 0 Å². The molecule has 0 saturated heterocycles. The number of hydrogen-bond donors (Lipinski definition) is 0. The van der Waals surface area contributed by atoms with Crippen LogP contribution in [0.2, 0.25) is 0 Å². The number of carbonyl (C=O) groups excluding carboxylic acids is 2. The lowest BCUT2D eigenvalue weighted by Crippen LogP contribution is -2.19. The molecule has 1 rings (SSSR count). The molecule has 1 unspecified atom stereocenters. The Hall–Kier alpha value is -1.44. The number of carbonyl (C=O) groups is 2. The molecule has 0 radical (unpaired) electrons. The van der Waals surface area contributed by atoms with Gasteiger partial charge in [-0.25, -0.2) is 0 Å². The molecule has 0 amide bonds. The van der Waals surface area contributed by atoms with Gasteiger partial charge in [-0.05, 0) is 65.0 Å². The first-order valence-electron chi connectivity index (χ1n) is 8.32. The number of allylic oxidation sites excluding steroid dienone is 6. The fourth-order valence-corrected chi connectivity index (χ4v) is 3.14. The fraction of sp³-hybridized carbons (Fsp3) is 0.600. The van der Waals surface area contributed by atoms with Crippen molar-refractivity contribution in [3.63, 3.8) is 0 Å². The van der Waals surface area contributed by atoms with Gasteiger partial charge < -0.3 is 0 Å². The molecule has 0 bridgehead atoms. The van der Waals surface area contributed by atoms with Gasteiger partial charge in [0.2, 0.25) is 0 Å². The van der Waals surface area contributed by atoms with Crippen molar-refractivity contribution in [1.82, 2.24) is 0 Å². The molecular weight excluding hydrogens is 272 g/mol. The monoisotopic (exact) mass is 302 g/mol. The SMILES string of the molecule is CC(C)=CC(=O)C1=C(C)CCCC1/C(C)=C/C(=O)CC(C)C. The molecule has 0 saturated carbocycles. The van der Waals surface area contributed by atoms with E-state index >= 15 is 0 Å². The van der Waals surface area contributed by atoms with Gasteiger partial charge in [-0.2, -0.15) is 0 Å². The Kier molecular flexibility index (Phi) is 6.99. The summed E-state index contributed by atoms with van der Waals surface area (Å²) in [6, 6.07) is 0. The Morgan fingerprint density at radius 2 is 1.82 bits per heavy atom. The summed E-state index contributed by atoms with van der Waals surface area (Å²) in [4.78, 5) is 24.6. The van der Waals surface area contributed by atoms with Gasteiger partial charge in [0.1, 0.15) is 0 Å². The average molecular weight is 302 g/mol. The molecule has 0 spiro atoms. The van der Waals surface area contributed by atoms with Gasteiger partial charge in [0, 0.05) is 17.9 Å². The smallest absolute Gasteiger partial charge is 0.182 e. The summed E-state index contributed by atoms with van der Waals surface area (Å²) in [5.41, 5.74) is 4.16. The van der Waals surface area contributed by atoms with E-state index in [1.54, 1.807) is 12.2 Å². The summed E-state index contributed by atoms with van der Waals surface area (Å²) < 4.78 is 0. The Morgan fingerprint density at radius 3 is 2.36 bits per heavy atom. The molecule has 0 N–H and O–H groups in total. The molecule has 0 aromatic rings. The van der Waals surface area contributed by atoms with Crippen LogP contribution in [0.1, 0.15) is 67.2 Å². The lowest BCUT2D eigenvalue weighted by Gasteiger charge is -2.27. The third-order valence-corrected chi connectivity index (χ3v) is 4.09. The third-order valence-electron chi connectivity index (χ3n) is 4.09. The highest BCUT2D eigenvalue weighted by Crippen LogP contribution is 2.35. The van der Waals surface area contributed by atoms with Crippen LogP contribution in [0.5, 0.6) is 0 Å². The van der Waals surface area contributed by atoms with E-state index in [1.807, 2.05) is 20.8 Å². The summed E-state index contributed by atoms with van der Waals surface area (Å²) >= 11 is 0. The van der Waals surface area contributed by atoms with Crippen LogP contribution in [0.4, 0.5) is 0 Å². The second-order valence-electron chi connectivity index (χ2n) is 7.18. The summed E-state index contributed by atoms with van der Waals surface area (Å²) in [6.45, 7) is 12.0. The van der Waals surface area contributed by atoms with Crippen molar-refractivity contribution >= 4 is 11.6 Å². The summed E-state index contributed by atoms with van der Waals surface area (Å²) in [5.74, 6) is 0.760. The fourth-order valence-electron chi connectivity index (χ4n) is 3.14.